The second-order valence-electron chi connectivity index (χ2n) is 2.72. The third-order valence-electron chi connectivity index (χ3n) is 1.40. The summed E-state index contributed by atoms with van der Waals surface area (Å²) >= 11 is 0. The van der Waals surface area contributed by atoms with E-state index >= 15 is 0 Å². The Balaban J connectivity index is 3.09. The molecule has 1 aromatic heterocycles. The second-order valence-corrected chi connectivity index (χ2v) is 2.72. The summed E-state index contributed by atoms with van der Waals surface area (Å²) in [5, 5.41) is 8.82. The maximum absolute atomic E-state index is 12.9. The first kappa shape index (κ1) is 7.98. The van der Waals surface area contributed by atoms with Crippen molar-refractivity contribution in [2.45, 2.75) is 19.8 Å². The van der Waals surface area contributed by atoms with E-state index in [2.05, 4.69) is 4.98 Å². The Hall–Kier alpha value is -1.12. The van der Waals surface area contributed by atoms with E-state index in [4.69, 9.17) is 5.11 Å². The number of hydrogen-bond acceptors (Lipinski definition) is 2. The number of hydrogen-bond donors (Lipinski definition) is 1. The fourth-order valence-electron chi connectivity index (χ4n) is 0.863. The highest BCUT2D eigenvalue weighted by atomic mass is 19.1. The van der Waals surface area contributed by atoms with Crippen molar-refractivity contribution in [3.63, 3.8) is 0 Å². The minimum absolute atomic E-state index is 0.0515. The highest BCUT2D eigenvalue weighted by molar-refractivity contribution is 5.21. The molecule has 1 N–H and O–H groups in total. The van der Waals surface area contributed by atoms with Gasteiger partial charge in [-0.05, 0) is 5.92 Å². The van der Waals surface area contributed by atoms with Crippen molar-refractivity contribution in [1.82, 2.24) is 4.98 Å². The zero-order valence-corrected chi connectivity index (χ0v) is 6.50. The molecule has 3 heteroatoms. The summed E-state index contributed by atoms with van der Waals surface area (Å²) in [7, 11) is 0. The van der Waals surface area contributed by atoms with Crippen molar-refractivity contribution in [3.05, 3.63) is 23.8 Å². The molecular weight excluding hydrogens is 145 g/mol. The van der Waals surface area contributed by atoms with Gasteiger partial charge in [-0.1, -0.05) is 13.8 Å². The molecule has 2 nitrogen and oxygen atoms in total. The van der Waals surface area contributed by atoms with Gasteiger partial charge in [0.25, 0.3) is 0 Å². The number of aromatic hydroxyl groups is 1. The second kappa shape index (κ2) is 2.86. The van der Waals surface area contributed by atoms with E-state index < -0.39 is 5.82 Å². The number of halogens is 1. The van der Waals surface area contributed by atoms with E-state index in [1.165, 1.54) is 6.20 Å². The maximum Gasteiger partial charge on any atom is 0.148 e. The zero-order valence-electron chi connectivity index (χ0n) is 6.50. The molecule has 11 heavy (non-hydrogen) atoms. The van der Waals surface area contributed by atoms with Gasteiger partial charge in [0, 0.05) is 6.07 Å². The van der Waals surface area contributed by atoms with Gasteiger partial charge in [-0.15, -0.1) is 0 Å². The predicted molar refractivity (Wildman–Crippen MR) is 39.9 cm³/mol. The lowest BCUT2D eigenvalue weighted by Gasteiger charge is -2.04. The summed E-state index contributed by atoms with van der Waals surface area (Å²) in [4.78, 5) is 3.75. The van der Waals surface area contributed by atoms with Crippen molar-refractivity contribution >= 4 is 0 Å². The third-order valence-corrected chi connectivity index (χ3v) is 1.40. The van der Waals surface area contributed by atoms with Gasteiger partial charge < -0.3 is 5.11 Å². The van der Waals surface area contributed by atoms with E-state index in [0.29, 0.717) is 5.69 Å². The molecule has 60 valence electrons. The molecule has 0 aliphatic heterocycles. The largest absolute Gasteiger partial charge is 0.506 e. The van der Waals surface area contributed by atoms with E-state index in [0.717, 1.165) is 6.07 Å². The molecule has 0 radical (unpaired) electrons. The van der Waals surface area contributed by atoms with Crippen LogP contribution in [-0.4, -0.2) is 10.1 Å². The summed E-state index contributed by atoms with van der Waals surface area (Å²) in [5.41, 5.74) is 0.391. The van der Waals surface area contributed by atoms with Gasteiger partial charge in [0.2, 0.25) is 0 Å². The SMILES string of the molecule is CC(C)c1ncc(O)cc1F. The number of rotatable bonds is 1. The van der Waals surface area contributed by atoms with Crippen LogP contribution in [0, 0.1) is 5.82 Å². The Bertz CT molecular complexity index is 260. The van der Waals surface area contributed by atoms with Gasteiger partial charge in [0.05, 0.1) is 11.9 Å². The lowest BCUT2D eigenvalue weighted by molar-refractivity contribution is 0.461. The topological polar surface area (TPSA) is 33.1 Å². The van der Waals surface area contributed by atoms with E-state index in [9.17, 15) is 4.39 Å². The Kier molecular flexibility index (Phi) is 2.08. The number of nitrogens with zero attached hydrogens (tertiary/aromatic N) is 1. The molecule has 0 atom stereocenters. The lowest BCUT2D eigenvalue weighted by Crippen LogP contribution is -1.95. The molecule has 0 aliphatic carbocycles. The van der Waals surface area contributed by atoms with Gasteiger partial charge >= 0.3 is 0 Å². The molecule has 0 aromatic carbocycles. The van der Waals surface area contributed by atoms with Crippen LogP contribution in [-0.2, 0) is 0 Å². The smallest absolute Gasteiger partial charge is 0.148 e. The number of pyridine rings is 1. The van der Waals surface area contributed by atoms with Crippen molar-refractivity contribution in [1.29, 1.82) is 0 Å². The van der Waals surface area contributed by atoms with Gasteiger partial charge in [-0.25, -0.2) is 4.39 Å². The Morgan fingerprint density at radius 2 is 2.18 bits per heavy atom. The summed E-state index contributed by atoms with van der Waals surface area (Å²) in [6, 6.07) is 1.07. The molecule has 1 aromatic rings. The Labute approximate surface area is 64.7 Å². The molecule has 1 heterocycles. The molecule has 0 saturated heterocycles. The molecule has 0 spiro atoms. The van der Waals surface area contributed by atoms with Crippen LogP contribution in [0.25, 0.3) is 0 Å². The zero-order chi connectivity index (χ0) is 8.43. The van der Waals surface area contributed by atoms with E-state index in [1.807, 2.05) is 13.8 Å². The monoisotopic (exact) mass is 155 g/mol. The Morgan fingerprint density at radius 3 is 2.64 bits per heavy atom. The van der Waals surface area contributed by atoms with Crippen LogP contribution in [0.3, 0.4) is 0 Å². The average molecular weight is 155 g/mol. The first-order chi connectivity index (χ1) is 5.11. The minimum Gasteiger partial charge on any atom is -0.506 e. The standard InChI is InChI=1S/C8H10FNO/c1-5(2)8-7(9)3-6(11)4-10-8/h3-5,11H,1-2H3. The average Bonchev–Trinajstić information content (AvgIpc) is 1.85. The summed E-state index contributed by atoms with van der Waals surface area (Å²) in [6.07, 6.45) is 1.25. The summed E-state index contributed by atoms with van der Waals surface area (Å²) in [5.74, 6) is -0.525. The molecule has 1 rings (SSSR count). The van der Waals surface area contributed by atoms with Crippen molar-refractivity contribution < 1.29 is 9.50 Å². The van der Waals surface area contributed by atoms with Crippen LogP contribution in [0.5, 0.6) is 5.75 Å². The first-order valence-corrected chi connectivity index (χ1v) is 3.45. The van der Waals surface area contributed by atoms with Crippen LogP contribution in [0.4, 0.5) is 4.39 Å². The van der Waals surface area contributed by atoms with Gasteiger partial charge in [-0.2, -0.15) is 0 Å². The quantitative estimate of drug-likeness (QED) is 0.673. The molecule has 0 bridgehead atoms. The molecule has 0 aliphatic rings. The molecule has 0 unspecified atom stereocenters. The molecule has 0 saturated carbocycles. The fourth-order valence-corrected chi connectivity index (χ4v) is 0.863. The maximum atomic E-state index is 12.9. The van der Waals surface area contributed by atoms with Crippen LogP contribution < -0.4 is 0 Å². The predicted octanol–water partition coefficient (Wildman–Crippen LogP) is 2.05. The van der Waals surface area contributed by atoms with Gasteiger partial charge in [-0.3, -0.25) is 4.98 Å². The molecule has 0 fully saturated rings. The normalized spacial score (nSPS) is 10.5. The van der Waals surface area contributed by atoms with Crippen LogP contribution in [0.2, 0.25) is 0 Å². The summed E-state index contributed by atoms with van der Waals surface area (Å²) < 4.78 is 12.9. The summed E-state index contributed by atoms with van der Waals surface area (Å²) in [6.45, 7) is 3.70. The third kappa shape index (κ3) is 1.67. The lowest BCUT2D eigenvalue weighted by atomic mass is 10.1. The highest BCUT2D eigenvalue weighted by Crippen LogP contribution is 2.18. The van der Waals surface area contributed by atoms with E-state index in [-0.39, 0.29) is 11.7 Å². The van der Waals surface area contributed by atoms with Crippen LogP contribution in [0.15, 0.2) is 12.3 Å². The van der Waals surface area contributed by atoms with Crippen molar-refractivity contribution in [2.75, 3.05) is 0 Å². The van der Waals surface area contributed by atoms with E-state index in [1.54, 1.807) is 0 Å². The number of aromatic nitrogens is 1. The van der Waals surface area contributed by atoms with Crippen LogP contribution >= 0.6 is 0 Å². The van der Waals surface area contributed by atoms with Crippen molar-refractivity contribution in [2.24, 2.45) is 0 Å². The van der Waals surface area contributed by atoms with Crippen LogP contribution in [0.1, 0.15) is 25.5 Å². The van der Waals surface area contributed by atoms with Gasteiger partial charge in [0.1, 0.15) is 11.6 Å². The molecule has 0 amide bonds. The first-order valence-electron chi connectivity index (χ1n) is 3.45. The van der Waals surface area contributed by atoms with Gasteiger partial charge in [0.15, 0.2) is 0 Å². The fraction of sp³-hybridized carbons (Fsp3) is 0.375. The minimum atomic E-state index is -0.444. The van der Waals surface area contributed by atoms with Crippen molar-refractivity contribution in [3.8, 4) is 5.75 Å². The Morgan fingerprint density at radius 1 is 1.55 bits per heavy atom. The highest BCUT2D eigenvalue weighted by Gasteiger charge is 2.07. The molecular formula is C8H10FNO.